The summed E-state index contributed by atoms with van der Waals surface area (Å²) in [5.74, 6) is 0.458. The number of para-hydroxylation sites is 2. The molecule has 0 spiro atoms. The Morgan fingerprint density at radius 2 is 1.36 bits per heavy atom. The summed E-state index contributed by atoms with van der Waals surface area (Å²) in [6.45, 7) is 2.45. The summed E-state index contributed by atoms with van der Waals surface area (Å²) in [6.07, 6.45) is 0. The molecule has 0 bridgehead atoms. The van der Waals surface area contributed by atoms with Crippen molar-refractivity contribution in [3.8, 4) is 28.4 Å². The van der Waals surface area contributed by atoms with Crippen LogP contribution in [0.25, 0.3) is 11.1 Å². The van der Waals surface area contributed by atoms with E-state index in [-0.39, 0.29) is 11.5 Å². The van der Waals surface area contributed by atoms with E-state index in [9.17, 15) is 9.59 Å². The number of carbonyl (C=O) groups excluding carboxylic acids is 2. The maximum absolute atomic E-state index is 12.6. The molecule has 36 heavy (non-hydrogen) atoms. The van der Waals surface area contributed by atoms with E-state index in [0.717, 1.165) is 16.7 Å². The molecule has 0 atom stereocenters. The maximum Gasteiger partial charge on any atom is 0.341 e. The molecule has 0 heterocycles. The summed E-state index contributed by atoms with van der Waals surface area (Å²) in [4.78, 5) is 24.6. The van der Waals surface area contributed by atoms with Crippen molar-refractivity contribution in [1.29, 1.82) is 0 Å². The van der Waals surface area contributed by atoms with E-state index in [1.165, 1.54) is 7.11 Å². The van der Waals surface area contributed by atoms with E-state index >= 15 is 0 Å². The van der Waals surface area contributed by atoms with Crippen LogP contribution < -0.4 is 9.47 Å². The van der Waals surface area contributed by atoms with Crippen molar-refractivity contribution < 1.29 is 28.5 Å². The van der Waals surface area contributed by atoms with Crippen molar-refractivity contribution in [1.82, 2.24) is 0 Å². The molecule has 0 aliphatic heterocycles. The van der Waals surface area contributed by atoms with Gasteiger partial charge in [0, 0.05) is 0 Å². The summed E-state index contributed by atoms with van der Waals surface area (Å²) in [5, 5.41) is 0. The lowest BCUT2D eigenvalue weighted by atomic mass is 10.0. The Balaban J connectivity index is 1.59. The zero-order chi connectivity index (χ0) is 25.3. The van der Waals surface area contributed by atoms with Crippen LogP contribution in [0.2, 0.25) is 0 Å². The monoisotopic (exact) mass is 482 g/mol. The van der Waals surface area contributed by atoms with Gasteiger partial charge in [0.1, 0.15) is 17.9 Å². The third-order valence-corrected chi connectivity index (χ3v) is 5.42. The van der Waals surface area contributed by atoms with Gasteiger partial charge in [0.25, 0.3) is 0 Å². The molecule has 4 aromatic carbocycles. The molecule has 0 aromatic heterocycles. The molecule has 0 amide bonds. The lowest BCUT2D eigenvalue weighted by molar-refractivity contribution is 0.0525. The Morgan fingerprint density at radius 1 is 0.694 bits per heavy atom. The zero-order valence-electron chi connectivity index (χ0n) is 20.1. The van der Waals surface area contributed by atoms with E-state index < -0.39 is 5.97 Å². The second-order valence-electron chi connectivity index (χ2n) is 7.82. The molecule has 0 N–H and O–H groups in total. The number of esters is 2. The van der Waals surface area contributed by atoms with Crippen LogP contribution >= 0.6 is 0 Å². The normalized spacial score (nSPS) is 10.4. The van der Waals surface area contributed by atoms with Gasteiger partial charge in [0.05, 0.1) is 19.3 Å². The van der Waals surface area contributed by atoms with Crippen molar-refractivity contribution in [2.24, 2.45) is 0 Å². The summed E-state index contributed by atoms with van der Waals surface area (Å²) < 4.78 is 22.2. The number of hydrogen-bond donors (Lipinski definition) is 0. The van der Waals surface area contributed by atoms with Crippen LogP contribution in [0.1, 0.15) is 33.2 Å². The zero-order valence-corrected chi connectivity index (χ0v) is 20.1. The summed E-state index contributed by atoms with van der Waals surface area (Å²) in [5.41, 5.74) is 3.35. The second-order valence-corrected chi connectivity index (χ2v) is 7.82. The van der Waals surface area contributed by atoms with Crippen molar-refractivity contribution in [3.05, 3.63) is 114 Å². The van der Waals surface area contributed by atoms with Crippen molar-refractivity contribution in [3.63, 3.8) is 0 Å². The third-order valence-electron chi connectivity index (χ3n) is 5.42. The highest BCUT2D eigenvalue weighted by Crippen LogP contribution is 2.35. The van der Waals surface area contributed by atoms with E-state index in [1.54, 1.807) is 49.4 Å². The number of methoxy groups -OCH3 is 1. The van der Waals surface area contributed by atoms with Gasteiger partial charge in [-0.15, -0.1) is 0 Å². The molecule has 0 unspecified atom stereocenters. The third kappa shape index (κ3) is 5.91. The van der Waals surface area contributed by atoms with Crippen LogP contribution in [-0.2, 0) is 16.1 Å². The fraction of sp³-hybridized carbons (Fsp3) is 0.133. The minimum Gasteiger partial charge on any atom is -0.485 e. The van der Waals surface area contributed by atoms with E-state index in [2.05, 4.69) is 0 Å². The smallest absolute Gasteiger partial charge is 0.341 e. The van der Waals surface area contributed by atoms with Gasteiger partial charge in [-0.3, -0.25) is 0 Å². The SMILES string of the molecule is CCOC(=O)c1ccc(-c2ccc(Oc3ccccc3OCc3ccccc3)c(C(=O)OC)c2)cc1. The Kier molecular flexibility index (Phi) is 7.98. The van der Waals surface area contributed by atoms with Crippen LogP contribution in [0.4, 0.5) is 0 Å². The molecule has 0 aliphatic rings. The molecule has 0 saturated heterocycles. The molecule has 0 saturated carbocycles. The van der Waals surface area contributed by atoms with Crippen LogP contribution in [-0.4, -0.2) is 25.7 Å². The van der Waals surface area contributed by atoms with E-state index in [0.29, 0.717) is 36.0 Å². The first kappa shape index (κ1) is 24.5. The average molecular weight is 483 g/mol. The molecule has 6 heteroatoms. The van der Waals surface area contributed by atoms with Crippen molar-refractivity contribution in [2.75, 3.05) is 13.7 Å². The predicted octanol–water partition coefficient (Wildman–Crippen LogP) is 6.69. The highest BCUT2D eigenvalue weighted by atomic mass is 16.5. The first-order chi connectivity index (χ1) is 17.6. The van der Waals surface area contributed by atoms with E-state index in [1.807, 2.05) is 54.6 Å². The first-order valence-corrected chi connectivity index (χ1v) is 11.5. The Morgan fingerprint density at radius 3 is 2.06 bits per heavy atom. The van der Waals surface area contributed by atoms with Gasteiger partial charge in [0.2, 0.25) is 0 Å². The molecule has 4 rings (SSSR count). The Labute approximate surface area is 210 Å². The fourth-order valence-corrected chi connectivity index (χ4v) is 3.59. The Bertz CT molecular complexity index is 1330. The maximum atomic E-state index is 12.6. The van der Waals surface area contributed by atoms with Crippen molar-refractivity contribution >= 4 is 11.9 Å². The van der Waals surface area contributed by atoms with Crippen LogP contribution in [0, 0.1) is 0 Å². The minimum atomic E-state index is -0.530. The van der Waals surface area contributed by atoms with Gasteiger partial charge in [0.15, 0.2) is 11.5 Å². The predicted molar refractivity (Wildman–Crippen MR) is 136 cm³/mol. The molecular weight excluding hydrogens is 456 g/mol. The van der Waals surface area contributed by atoms with Gasteiger partial charge in [-0.1, -0.05) is 60.7 Å². The second kappa shape index (κ2) is 11.7. The number of hydrogen-bond acceptors (Lipinski definition) is 6. The minimum absolute atomic E-state index is 0.266. The van der Waals surface area contributed by atoms with Gasteiger partial charge in [-0.25, -0.2) is 9.59 Å². The fourth-order valence-electron chi connectivity index (χ4n) is 3.59. The van der Waals surface area contributed by atoms with Crippen molar-refractivity contribution in [2.45, 2.75) is 13.5 Å². The highest BCUT2D eigenvalue weighted by molar-refractivity contribution is 5.94. The van der Waals surface area contributed by atoms with Crippen LogP contribution in [0.5, 0.6) is 17.2 Å². The number of rotatable bonds is 9. The average Bonchev–Trinajstić information content (AvgIpc) is 2.93. The summed E-state index contributed by atoms with van der Waals surface area (Å²) >= 11 is 0. The summed E-state index contributed by atoms with van der Waals surface area (Å²) in [7, 11) is 1.32. The van der Waals surface area contributed by atoms with Gasteiger partial charge in [-0.2, -0.15) is 0 Å². The van der Waals surface area contributed by atoms with Crippen LogP contribution in [0.15, 0.2) is 97.1 Å². The molecule has 0 fully saturated rings. The topological polar surface area (TPSA) is 71.1 Å². The standard InChI is InChI=1S/C30H26O6/c1-3-34-29(31)23-15-13-22(14-16-23)24-17-18-26(25(19-24)30(32)33-2)36-28-12-8-7-11-27(28)35-20-21-9-5-4-6-10-21/h4-19H,3,20H2,1-2H3. The molecular formula is C30H26O6. The van der Waals surface area contributed by atoms with Crippen LogP contribution in [0.3, 0.4) is 0 Å². The van der Waals surface area contributed by atoms with Gasteiger partial charge < -0.3 is 18.9 Å². The molecule has 0 aliphatic carbocycles. The first-order valence-electron chi connectivity index (χ1n) is 11.5. The molecule has 6 nitrogen and oxygen atoms in total. The number of benzene rings is 4. The Hall–Kier alpha value is -4.58. The lowest BCUT2D eigenvalue weighted by Crippen LogP contribution is -2.05. The van der Waals surface area contributed by atoms with E-state index in [4.69, 9.17) is 18.9 Å². The molecule has 0 radical (unpaired) electrons. The highest BCUT2D eigenvalue weighted by Gasteiger charge is 2.17. The number of ether oxygens (including phenoxy) is 4. The molecule has 182 valence electrons. The summed E-state index contributed by atoms with van der Waals surface area (Å²) in [6, 6.07) is 29.4. The molecule has 4 aromatic rings. The largest absolute Gasteiger partial charge is 0.485 e. The van der Waals surface area contributed by atoms with Gasteiger partial charge in [-0.05, 0) is 60.0 Å². The quantitative estimate of drug-likeness (QED) is 0.248. The lowest BCUT2D eigenvalue weighted by Gasteiger charge is -2.15. The number of carbonyl (C=O) groups is 2. The van der Waals surface area contributed by atoms with Gasteiger partial charge >= 0.3 is 11.9 Å².